The number of anilines is 1. The molecule has 3 aromatic rings. The maximum Gasteiger partial charge on any atom is 0.257 e. The average Bonchev–Trinajstić information content (AvgIpc) is 3.35. The van der Waals surface area contributed by atoms with Gasteiger partial charge in [-0.05, 0) is 38.3 Å². The van der Waals surface area contributed by atoms with E-state index < -0.39 is 5.82 Å². The van der Waals surface area contributed by atoms with E-state index in [0.29, 0.717) is 38.2 Å². The summed E-state index contributed by atoms with van der Waals surface area (Å²) in [6.07, 6.45) is 3.35. The Morgan fingerprint density at radius 1 is 1.05 bits per heavy atom. The summed E-state index contributed by atoms with van der Waals surface area (Å²) in [5.41, 5.74) is 2.61. The van der Waals surface area contributed by atoms with Gasteiger partial charge in [-0.15, -0.1) is 0 Å². The minimum absolute atomic E-state index is 0.0788. The third-order valence-corrected chi connectivity index (χ3v) is 7.41. The molecule has 8 heteroatoms. The molecule has 5 rings (SSSR count). The van der Waals surface area contributed by atoms with E-state index in [1.807, 2.05) is 30.3 Å². The number of morpholine rings is 1. The standard InChI is InChI=1S/C29H35FN4O3/c1-22-9-7-8-14-34(22)29-25(27(31-37-29)23-10-3-2-4-11-23)21-33(16-15-32-17-19-36-20-18-32)28(35)24-12-5-6-13-26(24)30/h2-6,10-13,22H,7-9,14-21H2,1H3/t22-/m0/s1. The molecule has 2 aliphatic rings. The monoisotopic (exact) mass is 506 g/mol. The summed E-state index contributed by atoms with van der Waals surface area (Å²) in [7, 11) is 0. The van der Waals surface area contributed by atoms with Crippen LogP contribution in [0.5, 0.6) is 0 Å². The molecule has 7 nitrogen and oxygen atoms in total. The summed E-state index contributed by atoms with van der Waals surface area (Å²) in [6, 6.07) is 16.4. The molecule has 0 N–H and O–H groups in total. The molecule has 0 aliphatic carbocycles. The first-order valence-corrected chi connectivity index (χ1v) is 13.3. The van der Waals surface area contributed by atoms with Gasteiger partial charge in [-0.1, -0.05) is 47.6 Å². The highest BCUT2D eigenvalue weighted by Crippen LogP contribution is 2.35. The average molecular weight is 507 g/mol. The molecule has 0 radical (unpaired) electrons. The van der Waals surface area contributed by atoms with E-state index in [2.05, 4.69) is 21.9 Å². The van der Waals surface area contributed by atoms with E-state index in [0.717, 1.165) is 49.3 Å². The van der Waals surface area contributed by atoms with Crippen LogP contribution in [-0.4, -0.2) is 72.8 Å². The van der Waals surface area contributed by atoms with Gasteiger partial charge in [0.2, 0.25) is 5.88 Å². The largest absolute Gasteiger partial charge is 0.379 e. The molecule has 37 heavy (non-hydrogen) atoms. The smallest absolute Gasteiger partial charge is 0.257 e. The van der Waals surface area contributed by atoms with E-state index in [1.165, 1.54) is 12.5 Å². The van der Waals surface area contributed by atoms with Gasteiger partial charge >= 0.3 is 0 Å². The van der Waals surface area contributed by atoms with Crippen molar-refractivity contribution in [2.75, 3.05) is 50.8 Å². The Bertz CT molecular complexity index is 1180. The second kappa shape index (κ2) is 11.9. The fourth-order valence-electron chi connectivity index (χ4n) is 5.23. The Morgan fingerprint density at radius 3 is 2.57 bits per heavy atom. The lowest BCUT2D eigenvalue weighted by atomic mass is 10.0. The van der Waals surface area contributed by atoms with Gasteiger partial charge in [0, 0.05) is 44.3 Å². The lowest BCUT2D eigenvalue weighted by Gasteiger charge is -2.34. The fourth-order valence-corrected chi connectivity index (χ4v) is 5.23. The summed E-state index contributed by atoms with van der Waals surface area (Å²) in [5, 5.41) is 4.49. The molecule has 1 amide bonds. The number of rotatable bonds is 8. The summed E-state index contributed by atoms with van der Waals surface area (Å²) >= 11 is 0. The number of carbonyl (C=O) groups excluding carboxylic acids is 1. The second-order valence-electron chi connectivity index (χ2n) is 9.88. The lowest BCUT2D eigenvalue weighted by molar-refractivity contribution is 0.0320. The summed E-state index contributed by atoms with van der Waals surface area (Å²) in [6.45, 7) is 7.52. The molecule has 0 unspecified atom stereocenters. The minimum atomic E-state index is -0.512. The number of benzene rings is 2. The Hall–Kier alpha value is -3.23. The zero-order chi connectivity index (χ0) is 25.6. The molecule has 2 aromatic carbocycles. The van der Waals surface area contributed by atoms with Gasteiger partial charge in [-0.3, -0.25) is 9.69 Å². The van der Waals surface area contributed by atoms with Gasteiger partial charge in [-0.2, -0.15) is 0 Å². The van der Waals surface area contributed by atoms with E-state index in [9.17, 15) is 9.18 Å². The van der Waals surface area contributed by atoms with Crippen LogP contribution in [0, 0.1) is 5.82 Å². The van der Waals surface area contributed by atoms with Crippen LogP contribution in [0.2, 0.25) is 0 Å². The number of aromatic nitrogens is 1. The highest BCUT2D eigenvalue weighted by molar-refractivity contribution is 5.94. The number of nitrogens with zero attached hydrogens (tertiary/aromatic N) is 4. The Morgan fingerprint density at radius 2 is 1.81 bits per heavy atom. The first-order valence-electron chi connectivity index (χ1n) is 13.3. The maximum absolute atomic E-state index is 14.7. The lowest BCUT2D eigenvalue weighted by Crippen LogP contribution is -2.43. The van der Waals surface area contributed by atoms with Crippen LogP contribution in [0.1, 0.15) is 42.1 Å². The SMILES string of the molecule is C[C@H]1CCCCN1c1onc(-c2ccccc2)c1CN(CCN1CCOCC1)C(=O)c1ccccc1F. The van der Waals surface area contributed by atoms with Crippen molar-refractivity contribution in [1.82, 2.24) is 15.0 Å². The molecule has 2 aliphatic heterocycles. The highest BCUT2D eigenvalue weighted by atomic mass is 19.1. The van der Waals surface area contributed by atoms with Crippen molar-refractivity contribution in [3.05, 3.63) is 71.5 Å². The van der Waals surface area contributed by atoms with Crippen molar-refractivity contribution in [3.8, 4) is 11.3 Å². The van der Waals surface area contributed by atoms with Gasteiger partial charge in [-0.25, -0.2) is 4.39 Å². The predicted octanol–water partition coefficient (Wildman–Crippen LogP) is 4.83. The van der Waals surface area contributed by atoms with Crippen LogP contribution in [-0.2, 0) is 11.3 Å². The van der Waals surface area contributed by atoms with Crippen LogP contribution >= 0.6 is 0 Å². The molecule has 0 saturated carbocycles. The van der Waals surface area contributed by atoms with Crippen molar-refractivity contribution in [1.29, 1.82) is 0 Å². The third kappa shape index (κ3) is 5.86. The molecule has 1 atom stereocenters. The normalized spacial score (nSPS) is 18.6. The van der Waals surface area contributed by atoms with E-state index in [-0.39, 0.29) is 18.0 Å². The first-order chi connectivity index (χ1) is 18.1. The van der Waals surface area contributed by atoms with Gasteiger partial charge in [0.25, 0.3) is 5.91 Å². The molecular weight excluding hydrogens is 471 g/mol. The first kappa shape index (κ1) is 25.4. The molecule has 2 fully saturated rings. The Balaban J connectivity index is 1.50. The highest BCUT2D eigenvalue weighted by Gasteiger charge is 2.30. The predicted molar refractivity (Wildman–Crippen MR) is 141 cm³/mol. The zero-order valence-corrected chi connectivity index (χ0v) is 21.4. The molecule has 0 spiro atoms. The topological polar surface area (TPSA) is 62.1 Å². The van der Waals surface area contributed by atoms with Crippen LogP contribution < -0.4 is 4.90 Å². The Kier molecular flexibility index (Phi) is 8.16. The van der Waals surface area contributed by atoms with Gasteiger partial charge in [0.15, 0.2) is 0 Å². The minimum Gasteiger partial charge on any atom is -0.379 e. The van der Waals surface area contributed by atoms with E-state index in [1.54, 1.807) is 23.1 Å². The van der Waals surface area contributed by atoms with Crippen molar-refractivity contribution in [2.24, 2.45) is 0 Å². The van der Waals surface area contributed by atoms with Crippen molar-refractivity contribution in [3.63, 3.8) is 0 Å². The number of amides is 1. The zero-order valence-electron chi connectivity index (χ0n) is 21.4. The van der Waals surface area contributed by atoms with Crippen LogP contribution in [0.3, 0.4) is 0 Å². The number of ether oxygens (including phenoxy) is 1. The van der Waals surface area contributed by atoms with Gasteiger partial charge < -0.3 is 19.1 Å². The summed E-state index contributed by atoms with van der Waals surface area (Å²) < 4.78 is 26.2. The number of carbonyl (C=O) groups is 1. The maximum atomic E-state index is 14.7. The number of halogens is 1. The number of hydrogen-bond donors (Lipinski definition) is 0. The molecule has 196 valence electrons. The van der Waals surface area contributed by atoms with Crippen LogP contribution in [0.15, 0.2) is 59.1 Å². The van der Waals surface area contributed by atoms with E-state index in [4.69, 9.17) is 9.26 Å². The fraction of sp³-hybridized carbons (Fsp3) is 0.448. The van der Waals surface area contributed by atoms with Gasteiger partial charge in [0.05, 0.1) is 30.9 Å². The second-order valence-corrected chi connectivity index (χ2v) is 9.88. The quantitative estimate of drug-likeness (QED) is 0.436. The number of hydrogen-bond acceptors (Lipinski definition) is 6. The van der Waals surface area contributed by atoms with Crippen LogP contribution in [0.25, 0.3) is 11.3 Å². The molecule has 0 bridgehead atoms. The Labute approximate surface area is 217 Å². The van der Waals surface area contributed by atoms with Crippen molar-refractivity contribution < 1.29 is 18.4 Å². The van der Waals surface area contributed by atoms with E-state index >= 15 is 0 Å². The molecule has 1 aromatic heterocycles. The van der Waals surface area contributed by atoms with Crippen molar-refractivity contribution >= 4 is 11.8 Å². The molecular formula is C29H35FN4O3. The summed E-state index contributed by atoms with van der Waals surface area (Å²) in [4.78, 5) is 20.0. The third-order valence-electron chi connectivity index (χ3n) is 7.41. The van der Waals surface area contributed by atoms with Crippen molar-refractivity contribution in [2.45, 2.75) is 38.8 Å². The number of piperidine rings is 1. The summed E-state index contributed by atoms with van der Waals surface area (Å²) in [5.74, 6) is -0.129. The van der Waals surface area contributed by atoms with Gasteiger partial charge in [0.1, 0.15) is 11.5 Å². The molecule has 3 heterocycles. The molecule has 2 saturated heterocycles. The van der Waals surface area contributed by atoms with Crippen LogP contribution in [0.4, 0.5) is 10.3 Å².